The quantitative estimate of drug-likeness (QED) is 0.897. The molecule has 1 aromatic rings. The van der Waals surface area contributed by atoms with Crippen LogP contribution in [0.2, 0.25) is 5.02 Å². The predicted octanol–water partition coefficient (Wildman–Crippen LogP) is 2.03. The third-order valence-corrected chi connectivity index (χ3v) is 5.28. The summed E-state index contributed by atoms with van der Waals surface area (Å²) in [6.07, 6.45) is 3.46. The molecule has 0 unspecified atom stereocenters. The third-order valence-electron chi connectivity index (χ3n) is 3.31. The van der Waals surface area contributed by atoms with E-state index in [0.717, 1.165) is 37.5 Å². The van der Waals surface area contributed by atoms with Crippen molar-refractivity contribution in [3.05, 3.63) is 29.0 Å². The summed E-state index contributed by atoms with van der Waals surface area (Å²) in [6.45, 7) is 0. The van der Waals surface area contributed by atoms with Gasteiger partial charge in [0.2, 0.25) is 10.0 Å². The third kappa shape index (κ3) is 3.45. The van der Waals surface area contributed by atoms with E-state index in [2.05, 4.69) is 4.72 Å². The molecule has 0 bridgehead atoms. The van der Waals surface area contributed by atoms with Crippen LogP contribution < -0.4 is 10.5 Å². The molecule has 1 aromatic carbocycles. The fourth-order valence-electron chi connectivity index (χ4n) is 2.26. The topological polar surface area (TPSA) is 72.2 Å². The number of hydrogen-bond donors (Lipinski definition) is 2. The van der Waals surface area contributed by atoms with E-state index in [4.69, 9.17) is 17.3 Å². The van der Waals surface area contributed by atoms with Crippen LogP contribution in [0.25, 0.3) is 0 Å². The molecule has 1 fully saturated rings. The molecule has 19 heavy (non-hydrogen) atoms. The van der Waals surface area contributed by atoms with Gasteiger partial charge in [-0.15, -0.1) is 0 Å². The van der Waals surface area contributed by atoms with Gasteiger partial charge in [-0.2, -0.15) is 0 Å². The monoisotopic (exact) mass is 306 g/mol. The van der Waals surface area contributed by atoms with E-state index < -0.39 is 15.8 Å². The Morgan fingerprint density at radius 1 is 1.32 bits per heavy atom. The van der Waals surface area contributed by atoms with E-state index >= 15 is 0 Å². The molecule has 0 amide bonds. The minimum Gasteiger partial charge on any atom is -0.326 e. The Morgan fingerprint density at radius 3 is 2.63 bits per heavy atom. The van der Waals surface area contributed by atoms with Crippen molar-refractivity contribution in [1.82, 2.24) is 4.72 Å². The van der Waals surface area contributed by atoms with Crippen molar-refractivity contribution in [2.24, 2.45) is 5.73 Å². The second kappa shape index (κ2) is 5.75. The van der Waals surface area contributed by atoms with Gasteiger partial charge >= 0.3 is 0 Å². The first-order valence-electron chi connectivity index (χ1n) is 6.13. The van der Waals surface area contributed by atoms with Gasteiger partial charge in [-0.25, -0.2) is 17.5 Å². The maximum Gasteiger partial charge on any atom is 0.242 e. The van der Waals surface area contributed by atoms with Gasteiger partial charge in [0.05, 0.1) is 5.02 Å². The SMILES string of the molecule is N[C@@H]1CCCC[C@H]1NS(=O)(=O)c1ccc(F)cc1Cl. The van der Waals surface area contributed by atoms with Gasteiger partial charge in [0.1, 0.15) is 10.7 Å². The van der Waals surface area contributed by atoms with E-state index in [1.165, 1.54) is 0 Å². The molecule has 3 N–H and O–H groups in total. The summed E-state index contributed by atoms with van der Waals surface area (Å²) in [4.78, 5) is -0.117. The molecule has 0 spiro atoms. The zero-order chi connectivity index (χ0) is 14.0. The first-order valence-corrected chi connectivity index (χ1v) is 7.99. The normalized spacial score (nSPS) is 24.4. The zero-order valence-electron chi connectivity index (χ0n) is 10.3. The lowest BCUT2D eigenvalue weighted by molar-refractivity contribution is 0.361. The maximum absolute atomic E-state index is 12.9. The number of sulfonamides is 1. The van der Waals surface area contributed by atoms with Gasteiger partial charge in [0.15, 0.2) is 0 Å². The van der Waals surface area contributed by atoms with Crippen molar-refractivity contribution < 1.29 is 12.8 Å². The molecule has 0 radical (unpaired) electrons. The number of nitrogens with two attached hydrogens (primary N) is 1. The van der Waals surface area contributed by atoms with Crippen molar-refractivity contribution in [3.63, 3.8) is 0 Å². The summed E-state index contributed by atoms with van der Waals surface area (Å²) in [5.74, 6) is -0.571. The first kappa shape index (κ1) is 14.7. The number of benzene rings is 1. The van der Waals surface area contributed by atoms with E-state index in [-0.39, 0.29) is 22.0 Å². The van der Waals surface area contributed by atoms with Gasteiger partial charge in [-0.3, -0.25) is 0 Å². The van der Waals surface area contributed by atoms with Gasteiger partial charge in [0.25, 0.3) is 0 Å². The highest BCUT2D eigenvalue weighted by Crippen LogP contribution is 2.24. The number of nitrogens with one attached hydrogen (secondary N) is 1. The Bertz CT molecular complexity index is 565. The molecule has 7 heteroatoms. The molecule has 2 atom stereocenters. The Balaban J connectivity index is 2.22. The predicted molar refractivity (Wildman–Crippen MR) is 72.0 cm³/mol. The second-order valence-corrected chi connectivity index (χ2v) is 6.84. The molecule has 2 rings (SSSR count). The molecule has 0 aliphatic heterocycles. The lowest BCUT2D eigenvalue weighted by Crippen LogP contribution is -2.49. The fraction of sp³-hybridized carbons (Fsp3) is 0.500. The maximum atomic E-state index is 12.9. The van der Waals surface area contributed by atoms with Crippen LogP contribution in [0.4, 0.5) is 4.39 Å². The summed E-state index contributed by atoms with van der Waals surface area (Å²) >= 11 is 5.78. The van der Waals surface area contributed by atoms with E-state index in [0.29, 0.717) is 6.42 Å². The second-order valence-electron chi connectivity index (χ2n) is 4.75. The van der Waals surface area contributed by atoms with Crippen LogP contribution in [0.1, 0.15) is 25.7 Å². The molecular formula is C12H16ClFN2O2S. The summed E-state index contributed by atoms with van der Waals surface area (Å²) < 4.78 is 39.9. The van der Waals surface area contributed by atoms with Crippen molar-refractivity contribution in [2.45, 2.75) is 42.7 Å². The molecule has 0 saturated heterocycles. The van der Waals surface area contributed by atoms with Crippen LogP contribution >= 0.6 is 11.6 Å². The molecule has 1 aliphatic rings. The molecule has 106 valence electrons. The molecule has 0 heterocycles. The highest BCUT2D eigenvalue weighted by atomic mass is 35.5. The Labute approximate surface area is 117 Å². The summed E-state index contributed by atoms with van der Waals surface area (Å²) in [6, 6.07) is 2.73. The Kier molecular flexibility index (Phi) is 4.45. The van der Waals surface area contributed by atoms with Crippen molar-refractivity contribution in [1.29, 1.82) is 0 Å². The molecule has 1 saturated carbocycles. The van der Waals surface area contributed by atoms with Crippen molar-refractivity contribution >= 4 is 21.6 Å². The highest BCUT2D eigenvalue weighted by Gasteiger charge is 2.28. The molecular weight excluding hydrogens is 291 g/mol. The van der Waals surface area contributed by atoms with Gasteiger partial charge < -0.3 is 5.73 Å². The average Bonchev–Trinajstić information content (AvgIpc) is 2.31. The van der Waals surface area contributed by atoms with Crippen LogP contribution in [0, 0.1) is 5.82 Å². The van der Waals surface area contributed by atoms with E-state index in [9.17, 15) is 12.8 Å². The van der Waals surface area contributed by atoms with Crippen LogP contribution in [-0.2, 0) is 10.0 Å². The lowest BCUT2D eigenvalue weighted by Gasteiger charge is -2.29. The minimum absolute atomic E-state index is 0.117. The Hall–Kier alpha value is -0.690. The van der Waals surface area contributed by atoms with Crippen molar-refractivity contribution in [3.8, 4) is 0 Å². The van der Waals surface area contributed by atoms with Gasteiger partial charge in [-0.1, -0.05) is 24.4 Å². The first-order chi connectivity index (χ1) is 8.90. The van der Waals surface area contributed by atoms with Gasteiger partial charge in [-0.05, 0) is 31.0 Å². The summed E-state index contributed by atoms with van der Waals surface area (Å²) in [5, 5.41) is -0.128. The van der Waals surface area contributed by atoms with E-state index in [1.807, 2.05) is 0 Å². The molecule has 0 aromatic heterocycles. The van der Waals surface area contributed by atoms with Crippen LogP contribution in [-0.4, -0.2) is 20.5 Å². The van der Waals surface area contributed by atoms with Crippen molar-refractivity contribution in [2.75, 3.05) is 0 Å². The summed E-state index contributed by atoms with van der Waals surface area (Å²) in [5.41, 5.74) is 5.91. The Morgan fingerprint density at radius 2 is 2.00 bits per heavy atom. The van der Waals surface area contributed by atoms with Crippen LogP contribution in [0.3, 0.4) is 0 Å². The highest BCUT2D eigenvalue weighted by molar-refractivity contribution is 7.89. The fourth-order valence-corrected chi connectivity index (χ4v) is 4.11. The number of halogens is 2. The standard InChI is InChI=1S/C12H16ClFN2O2S/c13-9-7-8(14)5-6-12(9)19(17,18)16-11-4-2-1-3-10(11)15/h5-7,10-11,16H,1-4,15H2/t10-,11-/m1/s1. The number of rotatable bonds is 3. The summed E-state index contributed by atoms with van der Waals surface area (Å²) in [7, 11) is -3.77. The smallest absolute Gasteiger partial charge is 0.242 e. The minimum atomic E-state index is -3.77. The molecule has 1 aliphatic carbocycles. The average molecular weight is 307 g/mol. The van der Waals surface area contributed by atoms with Crippen LogP contribution in [0.5, 0.6) is 0 Å². The van der Waals surface area contributed by atoms with Gasteiger partial charge in [0, 0.05) is 12.1 Å². The zero-order valence-corrected chi connectivity index (χ0v) is 11.8. The lowest BCUT2D eigenvalue weighted by atomic mass is 9.92. The molecule has 4 nitrogen and oxygen atoms in total. The van der Waals surface area contributed by atoms with Crippen LogP contribution in [0.15, 0.2) is 23.1 Å². The number of hydrogen-bond acceptors (Lipinski definition) is 3. The largest absolute Gasteiger partial charge is 0.326 e. The van der Waals surface area contributed by atoms with E-state index in [1.54, 1.807) is 0 Å².